The highest BCUT2D eigenvalue weighted by Crippen LogP contribution is 2.27. The molecule has 0 spiro atoms. The van der Waals surface area contributed by atoms with Gasteiger partial charge in [0.25, 0.3) is 0 Å². The number of rotatable bonds is 5. The van der Waals surface area contributed by atoms with Crippen molar-refractivity contribution in [2.24, 2.45) is 0 Å². The van der Waals surface area contributed by atoms with Gasteiger partial charge >= 0.3 is 0 Å². The third kappa shape index (κ3) is 3.02. The molecular weight excluding hydrogens is 334 g/mol. The summed E-state index contributed by atoms with van der Waals surface area (Å²) in [6.07, 6.45) is 1.64. The monoisotopic (exact) mass is 351 g/mol. The van der Waals surface area contributed by atoms with Gasteiger partial charge in [-0.05, 0) is 38.1 Å². The summed E-state index contributed by atoms with van der Waals surface area (Å²) in [4.78, 5) is 9.39. The summed E-state index contributed by atoms with van der Waals surface area (Å²) in [5.74, 6) is 2.17. The minimum atomic E-state index is 0.694. The standard InChI is InChI=1S/C18H17N5OS/c1-3-23-17(16-9-6-10-24-16)21-22-18(23)25-11-15-12(2)19-13-7-4-5-8-14(13)20-15/h4-10H,3,11H2,1-2H3. The predicted octanol–water partition coefficient (Wildman–Crippen LogP) is 4.10. The van der Waals surface area contributed by atoms with E-state index in [1.165, 1.54) is 0 Å². The molecule has 0 unspecified atom stereocenters. The molecule has 0 atom stereocenters. The molecule has 0 radical (unpaired) electrons. The lowest BCUT2D eigenvalue weighted by Crippen LogP contribution is -2.01. The summed E-state index contributed by atoms with van der Waals surface area (Å²) in [6, 6.07) is 11.7. The van der Waals surface area contributed by atoms with Gasteiger partial charge in [0.15, 0.2) is 16.7 Å². The first-order chi connectivity index (χ1) is 12.3. The zero-order valence-corrected chi connectivity index (χ0v) is 14.8. The van der Waals surface area contributed by atoms with E-state index >= 15 is 0 Å². The van der Waals surface area contributed by atoms with Gasteiger partial charge in [-0.3, -0.25) is 4.57 Å². The van der Waals surface area contributed by atoms with Gasteiger partial charge in [-0.25, -0.2) is 9.97 Å². The minimum Gasteiger partial charge on any atom is -0.461 e. The van der Waals surface area contributed by atoms with Crippen molar-refractivity contribution in [1.29, 1.82) is 0 Å². The van der Waals surface area contributed by atoms with Gasteiger partial charge in [0.1, 0.15) is 0 Å². The van der Waals surface area contributed by atoms with Crippen LogP contribution in [0, 0.1) is 6.92 Å². The molecule has 6 nitrogen and oxygen atoms in total. The fourth-order valence-corrected chi connectivity index (χ4v) is 3.67. The molecule has 0 saturated carbocycles. The van der Waals surface area contributed by atoms with E-state index in [4.69, 9.17) is 9.40 Å². The highest BCUT2D eigenvalue weighted by molar-refractivity contribution is 7.98. The summed E-state index contributed by atoms with van der Waals surface area (Å²) in [6.45, 7) is 4.84. The second kappa shape index (κ2) is 6.68. The van der Waals surface area contributed by atoms with Crippen LogP contribution < -0.4 is 0 Å². The van der Waals surface area contributed by atoms with Crippen LogP contribution in [0.5, 0.6) is 0 Å². The Morgan fingerprint density at radius 1 is 1.04 bits per heavy atom. The molecule has 7 heteroatoms. The first-order valence-electron chi connectivity index (χ1n) is 8.08. The molecule has 3 aromatic heterocycles. The highest BCUT2D eigenvalue weighted by Gasteiger charge is 2.16. The summed E-state index contributed by atoms with van der Waals surface area (Å²) < 4.78 is 7.50. The van der Waals surface area contributed by atoms with Crippen LogP contribution in [0.4, 0.5) is 0 Å². The molecule has 0 saturated heterocycles. The summed E-state index contributed by atoms with van der Waals surface area (Å²) in [7, 11) is 0. The topological polar surface area (TPSA) is 69.6 Å². The van der Waals surface area contributed by atoms with Gasteiger partial charge in [-0.1, -0.05) is 23.9 Å². The Hall–Kier alpha value is -2.67. The quantitative estimate of drug-likeness (QED) is 0.504. The lowest BCUT2D eigenvalue weighted by Gasteiger charge is -2.08. The summed E-state index contributed by atoms with van der Waals surface area (Å²) in [5, 5.41) is 9.44. The smallest absolute Gasteiger partial charge is 0.200 e. The molecule has 4 rings (SSSR count). The van der Waals surface area contributed by atoms with Crippen LogP contribution >= 0.6 is 11.8 Å². The Balaban J connectivity index is 1.60. The fraction of sp³-hybridized carbons (Fsp3) is 0.222. The first-order valence-corrected chi connectivity index (χ1v) is 9.07. The molecule has 1 aromatic carbocycles. The number of hydrogen-bond acceptors (Lipinski definition) is 6. The van der Waals surface area contributed by atoms with Crippen molar-refractivity contribution >= 4 is 22.8 Å². The zero-order chi connectivity index (χ0) is 17.2. The van der Waals surface area contributed by atoms with Crippen LogP contribution in [0.2, 0.25) is 0 Å². The van der Waals surface area contributed by atoms with Crippen molar-refractivity contribution in [3.8, 4) is 11.6 Å². The van der Waals surface area contributed by atoms with Gasteiger partial charge in [-0.15, -0.1) is 10.2 Å². The molecule has 0 amide bonds. The van der Waals surface area contributed by atoms with Crippen LogP contribution in [-0.4, -0.2) is 24.7 Å². The normalized spacial score (nSPS) is 11.3. The number of thioether (sulfide) groups is 1. The van der Waals surface area contributed by atoms with Crippen molar-refractivity contribution in [3.05, 3.63) is 54.0 Å². The van der Waals surface area contributed by atoms with E-state index in [2.05, 4.69) is 22.1 Å². The largest absolute Gasteiger partial charge is 0.461 e. The Bertz CT molecular complexity index is 1010. The number of hydrogen-bond donors (Lipinski definition) is 0. The molecule has 0 N–H and O–H groups in total. The average molecular weight is 351 g/mol. The summed E-state index contributed by atoms with van der Waals surface area (Å²) in [5.41, 5.74) is 3.75. The number of aryl methyl sites for hydroxylation is 1. The summed E-state index contributed by atoms with van der Waals surface area (Å²) >= 11 is 1.61. The van der Waals surface area contributed by atoms with Crippen molar-refractivity contribution in [2.45, 2.75) is 31.3 Å². The van der Waals surface area contributed by atoms with Crippen LogP contribution in [0.3, 0.4) is 0 Å². The van der Waals surface area contributed by atoms with Crippen molar-refractivity contribution in [1.82, 2.24) is 24.7 Å². The van der Waals surface area contributed by atoms with Crippen LogP contribution in [0.25, 0.3) is 22.6 Å². The number of furan rings is 1. The van der Waals surface area contributed by atoms with Gasteiger partial charge in [0.2, 0.25) is 0 Å². The van der Waals surface area contributed by atoms with E-state index in [0.717, 1.165) is 45.7 Å². The number of benzene rings is 1. The van der Waals surface area contributed by atoms with E-state index in [0.29, 0.717) is 5.75 Å². The molecule has 3 heterocycles. The zero-order valence-electron chi connectivity index (χ0n) is 14.0. The van der Waals surface area contributed by atoms with E-state index in [-0.39, 0.29) is 0 Å². The first kappa shape index (κ1) is 15.8. The SMILES string of the molecule is CCn1c(SCc2nc3ccccc3nc2C)nnc1-c1ccco1. The molecular formula is C18H17N5OS. The minimum absolute atomic E-state index is 0.694. The number of aromatic nitrogens is 5. The molecule has 0 bridgehead atoms. The fourth-order valence-electron chi connectivity index (χ4n) is 2.66. The van der Waals surface area contributed by atoms with Gasteiger partial charge < -0.3 is 4.42 Å². The van der Waals surface area contributed by atoms with Crippen molar-refractivity contribution in [3.63, 3.8) is 0 Å². The highest BCUT2D eigenvalue weighted by atomic mass is 32.2. The van der Waals surface area contributed by atoms with E-state index < -0.39 is 0 Å². The number of nitrogens with zero attached hydrogens (tertiary/aromatic N) is 5. The van der Waals surface area contributed by atoms with Crippen LogP contribution in [-0.2, 0) is 12.3 Å². The number of para-hydroxylation sites is 2. The Morgan fingerprint density at radius 2 is 1.84 bits per heavy atom. The van der Waals surface area contributed by atoms with Gasteiger partial charge in [0, 0.05) is 12.3 Å². The van der Waals surface area contributed by atoms with E-state index in [1.54, 1.807) is 18.0 Å². The predicted molar refractivity (Wildman–Crippen MR) is 97.2 cm³/mol. The molecule has 0 fully saturated rings. The van der Waals surface area contributed by atoms with Gasteiger partial charge in [0.05, 0.1) is 28.7 Å². The Kier molecular flexibility index (Phi) is 4.23. The molecule has 4 aromatic rings. The average Bonchev–Trinajstić information content (AvgIpc) is 3.28. The van der Waals surface area contributed by atoms with Gasteiger partial charge in [-0.2, -0.15) is 0 Å². The lowest BCUT2D eigenvalue weighted by atomic mass is 10.2. The maximum Gasteiger partial charge on any atom is 0.200 e. The third-order valence-electron chi connectivity index (χ3n) is 3.96. The molecule has 0 aliphatic rings. The van der Waals surface area contributed by atoms with E-state index in [9.17, 15) is 0 Å². The number of fused-ring (bicyclic) bond motifs is 1. The molecule has 0 aliphatic carbocycles. The van der Waals surface area contributed by atoms with Crippen LogP contribution in [0.1, 0.15) is 18.3 Å². The van der Waals surface area contributed by atoms with Crippen molar-refractivity contribution < 1.29 is 4.42 Å². The van der Waals surface area contributed by atoms with Crippen LogP contribution in [0.15, 0.2) is 52.2 Å². The van der Waals surface area contributed by atoms with E-state index in [1.807, 2.05) is 47.9 Å². The third-order valence-corrected chi connectivity index (χ3v) is 4.93. The Morgan fingerprint density at radius 3 is 2.56 bits per heavy atom. The lowest BCUT2D eigenvalue weighted by molar-refractivity contribution is 0.567. The Labute approximate surface area is 149 Å². The second-order valence-electron chi connectivity index (χ2n) is 5.56. The second-order valence-corrected chi connectivity index (χ2v) is 6.50. The van der Waals surface area contributed by atoms with Crippen molar-refractivity contribution in [2.75, 3.05) is 0 Å². The molecule has 25 heavy (non-hydrogen) atoms. The maximum atomic E-state index is 5.45. The maximum absolute atomic E-state index is 5.45. The molecule has 0 aliphatic heterocycles. The molecule has 126 valence electrons.